The highest BCUT2D eigenvalue weighted by molar-refractivity contribution is 4.44. The standard InChI is InChI=1S/C9H19N3O3.C8H17N3O4/c1-2-4-13-6-8-15-9-7-14-5-3-11-12-10;9-11-10-1-3-13-5-7-15-8-6-14-4-2-12/h2-9H2,1H3;12H,1-8H2. The average Bonchev–Trinajstić information content (AvgIpc) is 2.76. The van der Waals surface area contributed by atoms with Crippen LogP contribution in [-0.4, -0.2) is 104 Å². The summed E-state index contributed by atoms with van der Waals surface area (Å²) >= 11 is 0. The largest absolute Gasteiger partial charge is 0.394 e. The summed E-state index contributed by atoms with van der Waals surface area (Å²) in [6, 6.07) is 0. The van der Waals surface area contributed by atoms with Crippen molar-refractivity contribution in [2.24, 2.45) is 10.2 Å². The number of aliphatic hydroxyl groups excluding tert-OH is 1. The third-order valence-corrected chi connectivity index (χ3v) is 2.87. The zero-order chi connectivity index (χ0) is 22.4. The molecule has 0 aromatic heterocycles. The van der Waals surface area contributed by atoms with Gasteiger partial charge in [0.05, 0.1) is 79.3 Å². The van der Waals surface area contributed by atoms with Crippen LogP contribution in [0.5, 0.6) is 0 Å². The third-order valence-electron chi connectivity index (χ3n) is 2.87. The van der Waals surface area contributed by atoms with Gasteiger partial charge in [-0.15, -0.1) is 0 Å². The first-order valence-corrected chi connectivity index (χ1v) is 9.92. The minimum absolute atomic E-state index is 0.0303. The van der Waals surface area contributed by atoms with Gasteiger partial charge in [-0.3, -0.25) is 0 Å². The first-order chi connectivity index (χ1) is 14.8. The number of azide groups is 2. The van der Waals surface area contributed by atoms with Crippen LogP contribution in [-0.2, 0) is 28.4 Å². The Morgan fingerprint density at radius 2 is 0.900 bits per heavy atom. The van der Waals surface area contributed by atoms with Crippen LogP contribution in [0.3, 0.4) is 0 Å². The van der Waals surface area contributed by atoms with E-state index < -0.39 is 0 Å². The molecule has 30 heavy (non-hydrogen) atoms. The Kier molecular flexibility index (Phi) is 32.6. The molecule has 0 bridgehead atoms. The van der Waals surface area contributed by atoms with E-state index in [1.807, 2.05) is 0 Å². The van der Waals surface area contributed by atoms with E-state index in [4.69, 9.17) is 44.6 Å². The smallest absolute Gasteiger partial charge is 0.0701 e. The van der Waals surface area contributed by atoms with E-state index in [0.717, 1.165) is 13.0 Å². The van der Waals surface area contributed by atoms with Gasteiger partial charge >= 0.3 is 0 Å². The number of ether oxygens (including phenoxy) is 6. The zero-order valence-electron chi connectivity index (χ0n) is 17.9. The van der Waals surface area contributed by atoms with Crippen LogP contribution in [0.1, 0.15) is 13.3 Å². The average molecular weight is 437 g/mol. The van der Waals surface area contributed by atoms with Crippen molar-refractivity contribution in [2.75, 3.05) is 99.0 Å². The van der Waals surface area contributed by atoms with Crippen molar-refractivity contribution >= 4 is 0 Å². The van der Waals surface area contributed by atoms with Gasteiger partial charge in [0, 0.05) is 29.5 Å². The molecule has 0 amide bonds. The fourth-order valence-corrected chi connectivity index (χ4v) is 1.59. The lowest BCUT2D eigenvalue weighted by atomic mass is 10.5. The molecule has 0 aromatic carbocycles. The lowest BCUT2D eigenvalue weighted by Crippen LogP contribution is -2.11. The van der Waals surface area contributed by atoms with Gasteiger partial charge in [0.15, 0.2) is 0 Å². The molecule has 0 saturated carbocycles. The molecule has 0 spiro atoms. The van der Waals surface area contributed by atoms with Gasteiger partial charge in [-0.1, -0.05) is 17.2 Å². The molecule has 0 aliphatic carbocycles. The van der Waals surface area contributed by atoms with Crippen molar-refractivity contribution in [1.29, 1.82) is 0 Å². The number of hydrogen-bond donors (Lipinski definition) is 1. The zero-order valence-corrected chi connectivity index (χ0v) is 17.9. The molecule has 0 fully saturated rings. The topological polar surface area (TPSA) is 173 Å². The normalized spacial score (nSPS) is 9.93. The van der Waals surface area contributed by atoms with Gasteiger partial charge in [-0.25, -0.2) is 0 Å². The molecule has 0 saturated heterocycles. The Morgan fingerprint density at radius 1 is 0.567 bits per heavy atom. The molecule has 0 aromatic rings. The van der Waals surface area contributed by atoms with Crippen LogP contribution in [0.2, 0.25) is 0 Å². The molecule has 0 atom stereocenters. The van der Waals surface area contributed by atoms with Gasteiger partial charge < -0.3 is 33.5 Å². The summed E-state index contributed by atoms with van der Waals surface area (Å²) in [5.41, 5.74) is 15.9. The summed E-state index contributed by atoms with van der Waals surface area (Å²) in [4.78, 5) is 5.20. The monoisotopic (exact) mass is 436 g/mol. The Labute approximate surface area is 177 Å². The molecule has 1 N–H and O–H groups in total. The van der Waals surface area contributed by atoms with Crippen LogP contribution >= 0.6 is 0 Å². The minimum Gasteiger partial charge on any atom is -0.394 e. The summed E-state index contributed by atoms with van der Waals surface area (Å²) < 4.78 is 30.8. The molecule has 0 heterocycles. The van der Waals surface area contributed by atoms with Crippen molar-refractivity contribution in [3.63, 3.8) is 0 Å². The quantitative estimate of drug-likeness (QED) is 0.117. The first-order valence-electron chi connectivity index (χ1n) is 9.92. The van der Waals surface area contributed by atoms with E-state index in [2.05, 4.69) is 27.0 Å². The fraction of sp³-hybridized carbons (Fsp3) is 1.00. The van der Waals surface area contributed by atoms with Gasteiger partial charge in [-0.2, -0.15) is 0 Å². The lowest BCUT2D eigenvalue weighted by Gasteiger charge is -2.05. The summed E-state index contributed by atoms with van der Waals surface area (Å²) in [6.07, 6.45) is 1.03. The van der Waals surface area contributed by atoms with Crippen LogP contribution in [0.15, 0.2) is 10.2 Å². The summed E-state index contributed by atoms with van der Waals surface area (Å²) in [7, 11) is 0. The SMILES string of the molecule is CCCOCCOCCOCCN=[N+]=[N-].[N-]=[N+]=NCCOCCOCCOCCO. The second-order valence-electron chi connectivity index (χ2n) is 5.31. The van der Waals surface area contributed by atoms with Crippen LogP contribution in [0.25, 0.3) is 20.9 Å². The Bertz CT molecular complexity index is 383. The third kappa shape index (κ3) is 33.9. The second-order valence-corrected chi connectivity index (χ2v) is 5.31. The summed E-state index contributed by atoms with van der Waals surface area (Å²) in [6.45, 7) is 9.00. The maximum atomic E-state index is 8.39. The van der Waals surface area contributed by atoms with E-state index in [0.29, 0.717) is 85.8 Å². The first kappa shape index (κ1) is 30.5. The van der Waals surface area contributed by atoms with Crippen LogP contribution in [0, 0.1) is 0 Å². The highest BCUT2D eigenvalue weighted by atomic mass is 16.5. The van der Waals surface area contributed by atoms with Crippen molar-refractivity contribution in [2.45, 2.75) is 13.3 Å². The number of rotatable bonds is 22. The highest BCUT2D eigenvalue weighted by Crippen LogP contribution is 1.84. The van der Waals surface area contributed by atoms with E-state index in [9.17, 15) is 0 Å². The molecule has 0 aliphatic rings. The molecule has 0 radical (unpaired) electrons. The molecular weight excluding hydrogens is 400 g/mol. The molecular formula is C17H36N6O7. The predicted molar refractivity (Wildman–Crippen MR) is 110 cm³/mol. The second kappa shape index (κ2) is 32.0. The molecule has 0 aliphatic heterocycles. The summed E-state index contributed by atoms with van der Waals surface area (Å²) in [5.74, 6) is 0. The Balaban J connectivity index is 0. The van der Waals surface area contributed by atoms with Crippen molar-refractivity contribution in [1.82, 2.24) is 0 Å². The molecule has 0 rings (SSSR count). The van der Waals surface area contributed by atoms with Crippen molar-refractivity contribution < 1.29 is 33.5 Å². The molecule has 0 unspecified atom stereocenters. The van der Waals surface area contributed by atoms with E-state index in [1.165, 1.54) is 0 Å². The molecule has 13 nitrogen and oxygen atoms in total. The van der Waals surface area contributed by atoms with E-state index in [1.54, 1.807) is 0 Å². The number of hydrogen-bond acceptors (Lipinski definition) is 9. The molecule has 176 valence electrons. The molecule has 13 heteroatoms. The van der Waals surface area contributed by atoms with Gasteiger partial charge in [0.2, 0.25) is 0 Å². The number of nitrogens with zero attached hydrogens (tertiary/aromatic N) is 6. The predicted octanol–water partition coefficient (Wildman–Crippen LogP) is 2.10. The van der Waals surface area contributed by atoms with Gasteiger partial charge in [0.1, 0.15) is 0 Å². The van der Waals surface area contributed by atoms with Crippen LogP contribution < -0.4 is 0 Å². The Morgan fingerprint density at radius 3 is 1.23 bits per heavy atom. The van der Waals surface area contributed by atoms with Gasteiger partial charge in [0.25, 0.3) is 0 Å². The number of aliphatic hydroxyl groups is 1. The maximum Gasteiger partial charge on any atom is 0.0701 e. The highest BCUT2D eigenvalue weighted by Gasteiger charge is 1.91. The maximum absolute atomic E-state index is 8.39. The summed E-state index contributed by atoms with van der Waals surface area (Å²) in [5, 5.41) is 15.0. The fourth-order valence-electron chi connectivity index (χ4n) is 1.59. The van der Waals surface area contributed by atoms with Crippen LogP contribution in [0.4, 0.5) is 0 Å². The van der Waals surface area contributed by atoms with E-state index in [-0.39, 0.29) is 6.61 Å². The minimum atomic E-state index is 0.0303. The van der Waals surface area contributed by atoms with Gasteiger partial charge in [-0.05, 0) is 17.5 Å². The van der Waals surface area contributed by atoms with E-state index >= 15 is 0 Å². The Hall–Kier alpha value is -1.66. The lowest BCUT2D eigenvalue weighted by molar-refractivity contribution is 0.00889. The van der Waals surface area contributed by atoms with Crippen molar-refractivity contribution in [3.8, 4) is 0 Å². The van der Waals surface area contributed by atoms with Crippen molar-refractivity contribution in [3.05, 3.63) is 20.9 Å².